The lowest BCUT2D eigenvalue weighted by atomic mass is 9.89. The molecule has 2 aliphatic rings. The van der Waals surface area contributed by atoms with Crippen LogP contribution in [0.3, 0.4) is 0 Å². The third-order valence-electron chi connectivity index (χ3n) is 5.18. The number of pyridine rings is 1. The van der Waals surface area contributed by atoms with Gasteiger partial charge in [-0.2, -0.15) is 0 Å². The van der Waals surface area contributed by atoms with Crippen molar-refractivity contribution in [3.63, 3.8) is 0 Å². The molecule has 1 aromatic heterocycles. The normalized spacial score (nSPS) is 16.9. The summed E-state index contributed by atoms with van der Waals surface area (Å²) in [6.07, 6.45) is 3.52. The molecule has 3 heterocycles. The topological polar surface area (TPSA) is 62.7 Å². The first-order valence-electron chi connectivity index (χ1n) is 9.15. The standard InChI is InChI=1S/C21H21FN2O3/c22-16-3-4-18-17(12-16)20(21-15(13-27-18)2-1-8-23-21)14-5-9-24(10-6-14)11-7-19(25)26/h1-4,8,12H,5-7,9-11,13H2,(H,25,26). The predicted molar refractivity (Wildman–Crippen MR) is 98.9 cm³/mol. The van der Waals surface area contributed by atoms with Gasteiger partial charge in [0.15, 0.2) is 0 Å². The molecule has 0 bridgehead atoms. The van der Waals surface area contributed by atoms with Gasteiger partial charge in [0.25, 0.3) is 0 Å². The van der Waals surface area contributed by atoms with Gasteiger partial charge >= 0.3 is 5.97 Å². The Morgan fingerprint density at radius 3 is 2.85 bits per heavy atom. The van der Waals surface area contributed by atoms with Crippen LogP contribution in [-0.4, -0.2) is 40.6 Å². The number of carboxylic acid groups (broad SMARTS) is 1. The fourth-order valence-corrected chi connectivity index (χ4v) is 3.79. The van der Waals surface area contributed by atoms with Crippen molar-refractivity contribution in [2.24, 2.45) is 0 Å². The van der Waals surface area contributed by atoms with E-state index in [9.17, 15) is 9.18 Å². The molecule has 0 aliphatic carbocycles. The molecule has 1 saturated heterocycles. The molecule has 2 aliphatic heterocycles. The number of benzene rings is 1. The van der Waals surface area contributed by atoms with E-state index in [-0.39, 0.29) is 12.2 Å². The number of halogens is 1. The SMILES string of the molecule is O=C(O)CCN1CCC(=C2c3cc(F)ccc3OCc3cccnc32)CC1. The maximum atomic E-state index is 14.0. The quantitative estimate of drug-likeness (QED) is 0.899. The second kappa shape index (κ2) is 7.48. The number of aliphatic carboxylic acids is 1. The molecule has 0 saturated carbocycles. The number of ether oxygens (including phenoxy) is 1. The number of hydrogen-bond acceptors (Lipinski definition) is 4. The Morgan fingerprint density at radius 1 is 1.26 bits per heavy atom. The molecule has 140 valence electrons. The van der Waals surface area contributed by atoms with Gasteiger partial charge in [-0.25, -0.2) is 4.39 Å². The van der Waals surface area contributed by atoms with Crippen LogP contribution >= 0.6 is 0 Å². The maximum Gasteiger partial charge on any atom is 0.304 e. The Morgan fingerprint density at radius 2 is 2.07 bits per heavy atom. The molecule has 0 amide bonds. The molecule has 1 aromatic carbocycles. The molecule has 1 fully saturated rings. The van der Waals surface area contributed by atoms with Gasteiger partial charge < -0.3 is 14.7 Å². The van der Waals surface area contributed by atoms with E-state index in [0.29, 0.717) is 18.9 Å². The third kappa shape index (κ3) is 3.71. The van der Waals surface area contributed by atoms with Crippen LogP contribution in [0.4, 0.5) is 4.39 Å². The van der Waals surface area contributed by atoms with E-state index in [4.69, 9.17) is 9.84 Å². The first-order chi connectivity index (χ1) is 13.1. The highest BCUT2D eigenvalue weighted by Crippen LogP contribution is 2.40. The Labute approximate surface area is 157 Å². The number of rotatable bonds is 3. The average molecular weight is 368 g/mol. The zero-order valence-corrected chi connectivity index (χ0v) is 14.9. The minimum absolute atomic E-state index is 0.151. The number of likely N-dealkylation sites (tertiary alicyclic amines) is 1. The van der Waals surface area contributed by atoms with Gasteiger partial charge in [0.2, 0.25) is 0 Å². The maximum absolute atomic E-state index is 14.0. The van der Waals surface area contributed by atoms with E-state index < -0.39 is 5.97 Å². The van der Waals surface area contributed by atoms with E-state index in [2.05, 4.69) is 9.88 Å². The monoisotopic (exact) mass is 368 g/mol. The average Bonchev–Trinajstić information content (AvgIpc) is 2.83. The van der Waals surface area contributed by atoms with Crippen molar-refractivity contribution >= 4 is 11.5 Å². The van der Waals surface area contributed by atoms with Crippen molar-refractivity contribution in [3.8, 4) is 5.75 Å². The van der Waals surface area contributed by atoms with Crippen LogP contribution in [0.5, 0.6) is 5.75 Å². The van der Waals surface area contributed by atoms with Crippen molar-refractivity contribution in [3.05, 3.63) is 64.7 Å². The van der Waals surface area contributed by atoms with Crippen LogP contribution in [0.25, 0.3) is 5.57 Å². The molecule has 0 atom stereocenters. The lowest BCUT2D eigenvalue weighted by Gasteiger charge is -2.29. The summed E-state index contributed by atoms with van der Waals surface area (Å²) in [5.74, 6) is -0.401. The minimum Gasteiger partial charge on any atom is -0.488 e. The van der Waals surface area contributed by atoms with Crippen LogP contribution < -0.4 is 4.74 Å². The predicted octanol–water partition coefficient (Wildman–Crippen LogP) is 3.49. The number of carboxylic acids is 1. The Hall–Kier alpha value is -2.73. The van der Waals surface area contributed by atoms with E-state index in [1.165, 1.54) is 17.7 Å². The highest BCUT2D eigenvalue weighted by molar-refractivity contribution is 5.85. The van der Waals surface area contributed by atoms with Crippen LogP contribution in [0.15, 0.2) is 42.1 Å². The molecule has 4 rings (SSSR count). The molecule has 5 nitrogen and oxygen atoms in total. The summed E-state index contributed by atoms with van der Waals surface area (Å²) >= 11 is 0. The fourth-order valence-electron chi connectivity index (χ4n) is 3.79. The Balaban J connectivity index is 1.72. The lowest BCUT2D eigenvalue weighted by molar-refractivity contribution is -0.137. The van der Waals surface area contributed by atoms with Gasteiger partial charge in [0, 0.05) is 42.5 Å². The van der Waals surface area contributed by atoms with Crippen molar-refractivity contribution in [2.75, 3.05) is 19.6 Å². The second-order valence-corrected chi connectivity index (χ2v) is 6.90. The number of piperidine rings is 1. The van der Waals surface area contributed by atoms with Gasteiger partial charge in [-0.1, -0.05) is 11.6 Å². The molecule has 1 N–H and O–H groups in total. The van der Waals surface area contributed by atoms with Gasteiger partial charge in [-0.3, -0.25) is 9.78 Å². The summed E-state index contributed by atoms with van der Waals surface area (Å²) in [5.41, 5.74) is 4.79. The molecule has 2 aromatic rings. The zero-order valence-electron chi connectivity index (χ0n) is 14.9. The van der Waals surface area contributed by atoms with Crippen molar-refractivity contribution in [1.29, 1.82) is 0 Å². The molecule has 0 spiro atoms. The minimum atomic E-state index is -0.775. The number of nitrogens with zero attached hydrogens (tertiary/aromatic N) is 2. The highest BCUT2D eigenvalue weighted by atomic mass is 19.1. The number of aromatic nitrogens is 1. The largest absolute Gasteiger partial charge is 0.488 e. The number of hydrogen-bond donors (Lipinski definition) is 1. The third-order valence-corrected chi connectivity index (χ3v) is 5.18. The molecular weight excluding hydrogens is 347 g/mol. The van der Waals surface area contributed by atoms with E-state index in [1.54, 1.807) is 12.3 Å². The Kier molecular flexibility index (Phi) is 4.90. The van der Waals surface area contributed by atoms with E-state index >= 15 is 0 Å². The first-order valence-corrected chi connectivity index (χ1v) is 9.15. The second-order valence-electron chi connectivity index (χ2n) is 6.90. The van der Waals surface area contributed by atoms with Crippen LogP contribution in [0.1, 0.15) is 36.1 Å². The molecular formula is C21H21FN2O3. The van der Waals surface area contributed by atoms with Gasteiger partial charge in [0.1, 0.15) is 18.2 Å². The highest BCUT2D eigenvalue weighted by Gasteiger charge is 2.26. The van der Waals surface area contributed by atoms with Crippen molar-refractivity contribution in [2.45, 2.75) is 25.9 Å². The van der Waals surface area contributed by atoms with Crippen molar-refractivity contribution < 1.29 is 19.0 Å². The summed E-state index contributed by atoms with van der Waals surface area (Å²) in [6.45, 7) is 2.55. The fraction of sp³-hybridized carbons (Fsp3) is 0.333. The summed E-state index contributed by atoms with van der Waals surface area (Å²) in [7, 11) is 0. The summed E-state index contributed by atoms with van der Waals surface area (Å²) < 4.78 is 19.9. The lowest BCUT2D eigenvalue weighted by Crippen LogP contribution is -2.33. The van der Waals surface area contributed by atoms with Crippen LogP contribution in [0, 0.1) is 5.82 Å². The molecule has 27 heavy (non-hydrogen) atoms. The number of carbonyl (C=O) groups is 1. The summed E-state index contributed by atoms with van der Waals surface area (Å²) in [4.78, 5) is 17.6. The summed E-state index contributed by atoms with van der Waals surface area (Å²) in [6, 6.07) is 8.50. The van der Waals surface area contributed by atoms with E-state index in [1.807, 2.05) is 12.1 Å². The van der Waals surface area contributed by atoms with Gasteiger partial charge in [-0.15, -0.1) is 0 Å². The number of fused-ring (bicyclic) bond motifs is 2. The van der Waals surface area contributed by atoms with E-state index in [0.717, 1.165) is 48.3 Å². The smallest absolute Gasteiger partial charge is 0.304 e. The van der Waals surface area contributed by atoms with Crippen LogP contribution in [-0.2, 0) is 11.4 Å². The molecule has 0 radical (unpaired) electrons. The van der Waals surface area contributed by atoms with Gasteiger partial charge in [-0.05, 0) is 37.1 Å². The molecule has 6 heteroatoms. The summed E-state index contributed by atoms with van der Waals surface area (Å²) in [5, 5.41) is 8.88. The van der Waals surface area contributed by atoms with Crippen molar-refractivity contribution in [1.82, 2.24) is 9.88 Å². The molecule has 0 unspecified atom stereocenters. The first kappa shape index (κ1) is 17.7. The van der Waals surface area contributed by atoms with Crippen LogP contribution in [0.2, 0.25) is 0 Å². The zero-order chi connectivity index (χ0) is 18.8. The Bertz CT molecular complexity index is 900. The van der Waals surface area contributed by atoms with Gasteiger partial charge in [0.05, 0.1) is 12.1 Å².